The first-order valence-corrected chi connectivity index (χ1v) is 8.15. The van der Waals surface area contributed by atoms with Crippen molar-refractivity contribution in [2.24, 2.45) is 0 Å². The van der Waals surface area contributed by atoms with Crippen molar-refractivity contribution in [2.75, 3.05) is 29.9 Å². The standard InChI is InChI=1S/C17H21N5O2/c1-20(17-18-11-16(12-19-17)22(23)24)13-14-5-7-15(8-6-14)21-9-3-2-4-10-21/h5-8,11-12H,2-4,9-10,13H2,1H3. The number of nitrogens with zero attached hydrogens (tertiary/aromatic N) is 5. The van der Waals surface area contributed by atoms with Gasteiger partial charge in [-0.15, -0.1) is 0 Å². The molecule has 24 heavy (non-hydrogen) atoms. The molecule has 7 heteroatoms. The lowest BCUT2D eigenvalue weighted by Crippen LogP contribution is -2.29. The quantitative estimate of drug-likeness (QED) is 0.621. The van der Waals surface area contributed by atoms with Crippen LogP contribution in [0.15, 0.2) is 36.7 Å². The molecule has 0 aliphatic carbocycles. The first-order chi connectivity index (χ1) is 11.6. The third-order valence-electron chi connectivity index (χ3n) is 4.25. The predicted molar refractivity (Wildman–Crippen MR) is 93.3 cm³/mol. The van der Waals surface area contributed by atoms with E-state index in [4.69, 9.17) is 0 Å². The Hall–Kier alpha value is -2.70. The lowest BCUT2D eigenvalue weighted by atomic mass is 10.1. The highest BCUT2D eigenvalue weighted by Gasteiger charge is 2.12. The minimum atomic E-state index is -0.497. The predicted octanol–water partition coefficient (Wildman–Crippen LogP) is 3.01. The van der Waals surface area contributed by atoms with Crippen LogP contribution in [0, 0.1) is 10.1 Å². The van der Waals surface area contributed by atoms with E-state index in [-0.39, 0.29) is 5.69 Å². The fourth-order valence-corrected chi connectivity index (χ4v) is 2.91. The van der Waals surface area contributed by atoms with E-state index in [1.54, 1.807) is 0 Å². The number of hydrogen-bond acceptors (Lipinski definition) is 6. The van der Waals surface area contributed by atoms with Crippen LogP contribution >= 0.6 is 0 Å². The Morgan fingerprint density at radius 2 is 1.75 bits per heavy atom. The smallest absolute Gasteiger partial charge is 0.305 e. The van der Waals surface area contributed by atoms with Crippen molar-refractivity contribution in [3.05, 3.63) is 52.3 Å². The second kappa shape index (κ2) is 7.25. The second-order valence-corrected chi connectivity index (χ2v) is 6.07. The van der Waals surface area contributed by atoms with Gasteiger partial charge in [0.25, 0.3) is 0 Å². The highest BCUT2D eigenvalue weighted by atomic mass is 16.6. The summed E-state index contributed by atoms with van der Waals surface area (Å²) in [6.45, 7) is 2.92. The Morgan fingerprint density at radius 3 is 2.33 bits per heavy atom. The van der Waals surface area contributed by atoms with Gasteiger partial charge in [0.2, 0.25) is 5.95 Å². The topological polar surface area (TPSA) is 75.4 Å². The summed E-state index contributed by atoms with van der Waals surface area (Å²) in [6.07, 6.45) is 6.33. The lowest BCUT2D eigenvalue weighted by molar-refractivity contribution is -0.385. The molecule has 0 radical (unpaired) electrons. The molecule has 0 bridgehead atoms. The molecule has 1 aliphatic heterocycles. The van der Waals surface area contributed by atoms with Crippen LogP contribution < -0.4 is 9.80 Å². The molecule has 0 N–H and O–H groups in total. The minimum Gasteiger partial charge on any atom is -0.372 e. The molecule has 1 saturated heterocycles. The lowest BCUT2D eigenvalue weighted by Gasteiger charge is -2.29. The molecule has 0 spiro atoms. The Morgan fingerprint density at radius 1 is 1.12 bits per heavy atom. The Kier molecular flexibility index (Phi) is 4.88. The van der Waals surface area contributed by atoms with Crippen molar-refractivity contribution >= 4 is 17.3 Å². The highest BCUT2D eigenvalue weighted by Crippen LogP contribution is 2.21. The SMILES string of the molecule is CN(Cc1ccc(N2CCCCC2)cc1)c1ncc([N+](=O)[O-])cn1. The largest absolute Gasteiger partial charge is 0.372 e. The summed E-state index contributed by atoms with van der Waals surface area (Å²) >= 11 is 0. The van der Waals surface area contributed by atoms with Crippen molar-refractivity contribution in [1.29, 1.82) is 0 Å². The van der Waals surface area contributed by atoms with Gasteiger partial charge in [0.1, 0.15) is 12.4 Å². The molecule has 126 valence electrons. The van der Waals surface area contributed by atoms with Crippen molar-refractivity contribution in [3.8, 4) is 0 Å². The Balaban J connectivity index is 1.63. The van der Waals surface area contributed by atoms with E-state index < -0.39 is 4.92 Å². The number of aromatic nitrogens is 2. The molecule has 7 nitrogen and oxygen atoms in total. The number of benzene rings is 1. The molecule has 1 aromatic carbocycles. The Labute approximate surface area is 141 Å². The van der Waals surface area contributed by atoms with Crippen LogP contribution in [0.1, 0.15) is 24.8 Å². The number of anilines is 2. The van der Waals surface area contributed by atoms with Gasteiger partial charge < -0.3 is 9.80 Å². The van der Waals surface area contributed by atoms with Crippen molar-refractivity contribution in [3.63, 3.8) is 0 Å². The summed E-state index contributed by atoms with van der Waals surface area (Å²) in [7, 11) is 1.87. The second-order valence-electron chi connectivity index (χ2n) is 6.07. The van der Waals surface area contributed by atoms with Crippen molar-refractivity contribution < 1.29 is 4.92 Å². The van der Waals surface area contributed by atoms with Gasteiger partial charge in [-0.25, -0.2) is 9.97 Å². The summed E-state index contributed by atoms with van der Waals surface area (Å²) in [5.41, 5.74) is 2.32. The van der Waals surface area contributed by atoms with E-state index in [0.717, 1.165) is 18.7 Å². The van der Waals surface area contributed by atoms with Gasteiger partial charge in [0.15, 0.2) is 0 Å². The van der Waals surface area contributed by atoms with Gasteiger partial charge in [-0.2, -0.15) is 0 Å². The molecule has 0 amide bonds. The number of hydrogen-bond donors (Lipinski definition) is 0. The summed E-state index contributed by atoms with van der Waals surface area (Å²) in [5, 5.41) is 10.6. The van der Waals surface area contributed by atoms with Gasteiger partial charge >= 0.3 is 5.69 Å². The molecule has 2 aromatic rings. The maximum atomic E-state index is 10.6. The van der Waals surface area contributed by atoms with Gasteiger partial charge in [-0.3, -0.25) is 10.1 Å². The van der Waals surface area contributed by atoms with E-state index in [0.29, 0.717) is 12.5 Å². The van der Waals surface area contributed by atoms with E-state index in [2.05, 4.69) is 39.1 Å². The van der Waals surface area contributed by atoms with Crippen LogP contribution in [-0.4, -0.2) is 35.0 Å². The monoisotopic (exact) mass is 327 g/mol. The molecule has 0 atom stereocenters. The van der Waals surface area contributed by atoms with E-state index in [1.165, 1.54) is 37.3 Å². The van der Waals surface area contributed by atoms with Gasteiger partial charge in [0.05, 0.1) is 4.92 Å². The third kappa shape index (κ3) is 3.79. The molecule has 0 saturated carbocycles. The summed E-state index contributed by atoms with van der Waals surface area (Å²) in [6, 6.07) is 8.55. The molecular formula is C17H21N5O2. The van der Waals surface area contributed by atoms with Gasteiger partial charge in [-0.1, -0.05) is 12.1 Å². The first-order valence-electron chi connectivity index (χ1n) is 8.15. The van der Waals surface area contributed by atoms with Crippen molar-refractivity contribution in [2.45, 2.75) is 25.8 Å². The number of rotatable bonds is 5. The summed E-state index contributed by atoms with van der Waals surface area (Å²) in [5.74, 6) is 0.473. The van der Waals surface area contributed by atoms with E-state index >= 15 is 0 Å². The van der Waals surface area contributed by atoms with Crippen LogP contribution in [0.4, 0.5) is 17.3 Å². The molecule has 1 aliphatic rings. The van der Waals surface area contributed by atoms with E-state index in [1.807, 2.05) is 11.9 Å². The van der Waals surface area contributed by atoms with Gasteiger partial charge in [0, 0.05) is 32.4 Å². The van der Waals surface area contributed by atoms with Crippen LogP contribution in [0.2, 0.25) is 0 Å². The number of piperidine rings is 1. The first kappa shape index (κ1) is 16.2. The fraction of sp³-hybridized carbons (Fsp3) is 0.412. The molecule has 2 heterocycles. The molecule has 1 aromatic heterocycles. The average molecular weight is 327 g/mol. The van der Waals surface area contributed by atoms with Crippen LogP contribution in [0.25, 0.3) is 0 Å². The van der Waals surface area contributed by atoms with Crippen LogP contribution in [0.5, 0.6) is 0 Å². The zero-order valence-electron chi connectivity index (χ0n) is 13.8. The molecular weight excluding hydrogens is 306 g/mol. The zero-order valence-corrected chi connectivity index (χ0v) is 13.8. The molecule has 3 rings (SSSR count). The molecule has 1 fully saturated rings. The summed E-state index contributed by atoms with van der Waals surface area (Å²) < 4.78 is 0. The van der Waals surface area contributed by atoms with Crippen LogP contribution in [-0.2, 0) is 6.54 Å². The van der Waals surface area contributed by atoms with Gasteiger partial charge in [-0.05, 0) is 37.0 Å². The minimum absolute atomic E-state index is 0.0990. The van der Waals surface area contributed by atoms with Crippen LogP contribution in [0.3, 0.4) is 0 Å². The normalized spacial score (nSPS) is 14.5. The summed E-state index contributed by atoms with van der Waals surface area (Å²) in [4.78, 5) is 22.6. The highest BCUT2D eigenvalue weighted by molar-refractivity contribution is 5.48. The zero-order chi connectivity index (χ0) is 16.9. The Bertz CT molecular complexity index is 681. The average Bonchev–Trinajstić information content (AvgIpc) is 2.63. The molecule has 0 unspecified atom stereocenters. The maximum absolute atomic E-state index is 10.6. The van der Waals surface area contributed by atoms with E-state index in [9.17, 15) is 10.1 Å². The maximum Gasteiger partial charge on any atom is 0.305 e. The van der Waals surface area contributed by atoms with Crippen molar-refractivity contribution in [1.82, 2.24) is 9.97 Å². The third-order valence-corrected chi connectivity index (χ3v) is 4.25. The number of nitro groups is 1. The fourth-order valence-electron chi connectivity index (χ4n) is 2.91.